The number of carbonyl (C=O) groups excluding carboxylic acids is 2. The van der Waals surface area contributed by atoms with Gasteiger partial charge in [0, 0.05) is 26.9 Å². The van der Waals surface area contributed by atoms with Gasteiger partial charge in [-0.15, -0.1) is 16.4 Å². The number of amides is 1. The number of aromatic amines is 1. The van der Waals surface area contributed by atoms with Crippen LogP contribution in [0.25, 0.3) is 11.1 Å². The molecule has 0 unspecified atom stereocenters. The highest BCUT2D eigenvalue weighted by Gasteiger charge is 2.24. The number of nitrogens with one attached hydrogen (secondary N) is 2. The van der Waals surface area contributed by atoms with E-state index in [4.69, 9.17) is 16.3 Å². The number of thioether (sulfide) groups is 1. The van der Waals surface area contributed by atoms with Crippen LogP contribution in [0.1, 0.15) is 37.0 Å². The van der Waals surface area contributed by atoms with Crippen LogP contribution in [0.5, 0.6) is 0 Å². The smallest absolute Gasteiger partial charge is 0.341 e. The zero-order chi connectivity index (χ0) is 21.9. The lowest BCUT2D eigenvalue weighted by Gasteiger charge is -2.12. The number of halogens is 1. The predicted molar refractivity (Wildman–Crippen MR) is 121 cm³/mol. The van der Waals surface area contributed by atoms with Crippen LogP contribution >= 0.6 is 34.7 Å². The number of aromatic nitrogens is 3. The minimum Gasteiger partial charge on any atom is -0.465 e. The third kappa shape index (κ3) is 5.03. The molecular weight excluding hydrogens is 444 g/mol. The van der Waals surface area contributed by atoms with Gasteiger partial charge in [0.05, 0.1) is 12.9 Å². The van der Waals surface area contributed by atoms with Crippen molar-refractivity contribution >= 4 is 51.6 Å². The Hall–Kier alpha value is -2.36. The molecule has 0 aliphatic carbocycles. The van der Waals surface area contributed by atoms with Crippen LogP contribution in [0.15, 0.2) is 34.8 Å². The number of benzene rings is 1. The van der Waals surface area contributed by atoms with E-state index < -0.39 is 5.97 Å². The average Bonchev–Trinajstić information content (AvgIpc) is 3.33. The van der Waals surface area contributed by atoms with Crippen LogP contribution in [0.3, 0.4) is 0 Å². The molecule has 3 aromatic rings. The van der Waals surface area contributed by atoms with E-state index in [1.807, 2.05) is 39.0 Å². The van der Waals surface area contributed by atoms with Crippen molar-refractivity contribution in [2.24, 2.45) is 0 Å². The third-order valence-electron chi connectivity index (χ3n) is 4.11. The second kappa shape index (κ2) is 9.20. The van der Waals surface area contributed by atoms with E-state index in [2.05, 4.69) is 20.5 Å². The molecule has 0 bridgehead atoms. The van der Waals surface area contributed by atoms with Gasteiger partial charge in [-0.05, 0) is 6.07 Å². The molecule has 0 saturated carbocycles. The minimum atomic E-state index is -0.544. The fourth-order valence-electron chi connectivity index (χ4n) is 2.57. The first-order chi connectivity index (χ1) is 14.2. The summed E-state index contributed by atoms with van der Waals surface area (Å²) in [7, 11) is 1.30. The molecule has 0 radical (unpaired) electrons. The maximum Gasteiger partial charge on any atom is 0.341 e. The van der Waals surface area contributed by atoms with Gasteiger partial charge in [0.25, 0.3) is 0 Å². The topological polar surface area (TPSA) is 97.0 Å². The number of thiophene rings is 1. The van der Waals surface area contributed by atoms with Crippen LogP contribution in [-0.4, -0.2) is 39.9 Å². The van der Waals surface area contributed by atoms with Gasteiger partial charge in [0.15, 0.2) is 0 Å². The van der Waals surface area contributed by atoms with Crippen molar-refractivity contribution in [2.45, 2.75) is 31.3 Å². The van der Waals surface area contributed by atoms with Crippen molar-refractivity contribution in [2.75, 3.05) is 18.2 Å². The number of carbonyl (C=O) groups is 2. The Morgan fingerprint density at radius 3 is 2.63 bits per heavy atom. The summed E-state index contributed by atoms with van der Waals surface area (Å²) in [5, 5.41) is 13.0. The lowest BCUT2D eigenvalue weighted by molar-refractivity contribution is -0.113. The minimum absolute atomic E-state index is 0.0986. The molecule has 0 atom stereocenters. The standard InChI is InChI=1S/C20H21ClN4O3S2/c1-20(2,3)18-23-19(25-24-18)30-10-14(26)22-16-15(17(27)28-4)12(9-29-16)11-7-5-6-8-13(11)21/h5-9H,10H2,1-4H3,(H,22,26)(H,23,24,25). The summed E-state index contributed by atoms with van der Waals surface area (Å²) in [4.78, 5) is 29.3. The predicted octanol–water partition coefficient (Wildman–Crippen LogP) is 5.00. The Kier molecular flexibility index (Phi) is 6.84. The SMILES string of the molecule is COC(=O)c1c(-c2ccccc2Cl)csc1NC(=O)CSc1n[nH]c(C(C)(C)C)n1. The van der Waals surface area contributed by atoms with E-state index in [-0.39, 0.29) is 22.6 Å². The van der Waals surface area contributed by atoms with Crippen LogP contribution in [0, 0.1) is 0 Å². The molecule has 0 aliphatic heterocycles. The summed E-state index contributed by atoms with van der Waals surface area (Å²) < 4.78 is 4.93. The summed E-state index contributed by atoms with van der Waals surface area (Å²) in [6.45, 7) is 6.07. The first-order valence-electron chi connectivity index (χ1n) is 9.01. The molecule has 0 spiro atoms. The van der Waals surface area contributed by atoms with Crippen molar-refractivity contribution in [1.29, 1.82) is 0 Å². The number of hydrogen-bond donors (Lipinski definition) is 2. The Morgan fingerprint density at radius 1 is 1.27 bits per heavy atom. The van der Waals surface area contributed by atoms with E-state index in [9.17, 15) is 9.59 Å². The maximum atomic E-state index is 12.5. The highest BCUT2D eigenvalue weighted by molar-refractivity contribution is 7.99. The molecule has 0 aliphatic rings. The number of anilines is 1. The first kappa shape index (κ1) is 22.3. The van der Waals surface area contributed by atoms with E-state index >= 15 is 0 Å². The summed E-state index contributed by atoms with van der Waals surface area (Å²) in [6, 6.07) is 7.20. The molecule has 0 saturated heterocycles. The van der Waals surface area contributed by atoms with Crippen molar-refractivity contribution in [3.05, 3.63) is 46.1 Å². The summed E-state index contributed by atoms with van der Waals surface area (Å²) in [5.41, 5.74) is 1.43. The number of rotatable bonds is 6. The fourth-order valence-corrected chi connectivity index (χ4v) is 4.37. The molecule has 30 heavy (non-hydrogen) atoms. The maximum absolute atomic E-state index is 12.5. The van der Waals surface area contributed by atoms with Crippen LogP contribution in [0.4, 0.5) is 5.00 Å². The first-order valence-corrected chi connectivity index (χ1v) is 11.2. The van der Waals surface area contributed by atoms with Crippen molar-refractivity contribution in [3.63, 3.8) is 0 Å². The zero-order valence-corrected chi connectivity index (χ0v) is 19.3. The monoisotopic (exact) mass is 464 g/mol. The molecule has 10 heteroatoms. The van der Waals surface area contributed by atoms with Gasteiger partial charge in [0.1, 0.15) is 16.4 Å². The fraction of sp³-hybridized carbons (Fsp3) is 0.300. The Balaban J connectivity index is 1.76. The van der Waals surface area contributed by atoms with Crippen molar-refractivity contribution in [3.8, 4) is 11.1 Å². The Bertz CT molecular complexity index is 1070. The summed E-state index contributed by atoms with van der Waals surface area (Å²) in [6.07, 6.45) is 0. The van der Waals surface area contributed by atoms with Crippen LogP contribution < -0.4 is 5.32 Å². The van der Waals surface area contributed by atoms with Crippen LogP contribution in [-0.2, 0) is 14.9 Å². The van der Waals surface area contributed by atoms with Crippen molar-refractivity contribution in [1.82, 2.24) is 15.2 Å². The largest absolute Gasteiger partial charge is 0.465 e. The summed E-state index contributed by atoms with van der Waals surface area (Å²) >= 11 is 8.75. The quantitative estimate of drug-likeness (QED) is 0.393. The molecule has 3 rings (SSSR count). The van der Waals surface area contributed by atoms with Gasteiger partial charge in [0.2, 0.25) is 11.1 Å². The number of hydrogen-bond acceptors (Lipinski definition) is 7. The molecule has 2 aromatic heterocycles. The van der Waals surface area contributed by atoms with Gasteiger partial charge >= 0.3 is 5.97 Å². The lowest BCUT2D eigenvalue weighted by Crippen LogP contribution is -2.16. The van der Waals surface area contributed by atoms with Crippen molar-refractivity contribution < 1.29 is 14.3 Å². The molecule has 2 N–H and O–H groups in total. The lowest BCUT2D eigenvalue weighted by atomic mass is 9.96. The molecule has 7 nitrogen and oxygen atoms in total. The zero-order valence-electron chi connectivity index (χ0n) is 16.9. The number of H-pyrrole nitrogens is 1. The van der Waals surface area contributed by atoms with E-state index in [0.29, 0.717) is 26.3 Å². The highest BCUT2D eigenvalue weighted by Crippen LogP contribution is 2.39. The number of nitrogens with zero attached hydrogens (tertiary/aromatic N) is 2. The van der Waals surface area contributed by atoms with E-state index in [1.54, 1.807) is 11.4 Å². The molecule has 1 amide bonds. The second-order valence-corrected chi connectivity index (χ2v) is 9.61. The normalized spacial score (nSPS) is 11.4. The number of methoxy groups -OCH3 is 1. The molecule has 158 valence electrons. The number of esters is 1. The van der Waals surface area contributed by atoms with Gasteiger partial charge in [-0.1, -0.05) is 62.3 Å². The van der Waals surface area contributed by atoms with Gasteiger partial charge in [-0.2, -0.15) is 0 Å². The van der Waals surface area contributed by atoms with Gasteiger partial charge in [-0.25, -0.2) is 9.78 Å². The Morgan fingerprint density at radius 2 is 2.00 bits per heavy atom. The average molecular weight is 465 g/mol. The molecule has 0 fully saturated rings. The third-order valence-corrected chi connectivity index (χ3v) is 6.18. The van der Waals surface area contributed by atoms with E-state index in [0.717, 1.165) is 5.82 Å². The molecule has 2 heterocycles. The number of ether oxygens (including phenoxy) is 1. The second-order valence-electron chi connectivity index (χ2n) is 7.38. The highest BCUT2D eigenvalue weighted by atomic mass is 35.5. The van der Waals surface area contributed by atoms with Gasteiger partial charge < -0.3 is 10.1 Å². The molecule has 1 aromatic carbocycles. The summed E-state index contributed by atoms with van der Waals surface area (Å²) in [5.74, 6) is 0.0280. The van der Waals surface area contributed by atoms with Crippen LogP contribution in [0.2, 0.25) is 5.02 Å². The Labute approximate surface area is 187 Å². The van der Waals surface area contributed by atoms with E-state index in [1.165, 1.54) is 30.2 Å². The van der Waals surface area contributed by atoms with Gasteiger partial charge in [-0.3, -0.25) is 9.89 Å². The molecular formula is C20H21ClN4O3S2.